The first-order chi connectivity index (χ1) is 7.95. The molecule has 1 aromatic heterocycles. The van der Waals surface area contributed by atoms with E-state index < -0.39 is 12.4 Å². The van der Waals surface area contributed by atoms with Gasteiger partial charge in [0.05, 0.1) is 18.6 Å². The summed E-state index contributed by atoms with van der Waals surface area (Å²) in [5, 5.41) is 0. The van der Waals surface area contributed by atoms with E-state index >= 15 is 0 Å². The summed E-state index contributed by atoms with van der Waals surface area (Å²) in [5.41, 5.74) is 0.571. The Kier molecular flexibility index (Phi) is 4.99. The van der Waals surface area contributed by atoms with Crippen LogP contribution in [-0.4, -0.2) is 17.6 Å². The minimum Gasteiger partial charge on any atom is -0.466 e. The van der Waals surface area contributed by atoms with Gasteiger partial charge in [-0.3, -0.25) is 4.79 Å². The lowest BCUT2D eigenvalue weighted by Gasteiger charge is -2.11. The first-order valence-electron chi connectivity index (χ1n) is 5.05. The number of hydrogen-bond acceptors (Lipinski definition) is 3. The van der Waals surface area contributed by atoms with Gasteiger partial charge in [-0.05, 0) is 41.4 Å². The number of ether oxygens (including phenoxy) is 1. The van der Waals surface area contributed by atoms with E-state index in [9.17, 15) is 13.6 Å². The quantitative estimate of drug-likeness (QED) is 0.633. The van der Waals surface area contributed by atoms with Gasteiger partial charge in [-0.25, -0.2) is 13.8 Å². The molecule has 17 heavy (non-hydrogen) atoms. The lowest BCUT2D eigenvalue weighted by molar-refractivity contribution is -0.142. The van der Waals surface area contributed by atoms with Crippen LogP contribution in [0.5, 0.6) is 0 Å². The molecule has 0 spiro atoms. The molecule has 0 radical (unpaired) electrons. The number of alkyl halides is 2. The molecule has 0 atom stereocenters. The van der Waals surface area contributed by atoms with Crippen LogP contribution in [0.1, 0.15) is 30.2 Å². The van der Waals surface area contributed by atoms with E-state index in [-0.39, 0.29) is 28.8 Å². The molecular weight excluding hydrogens is 296 g/mol. The normalized spacial score (nSPS) is 10.7. The predicted octanol–water partition coefficient (Wildman–Crippen LogP) is 3.20. The van der Waals surface area contributed by atoms with Crippen molar-refractivity contribution in [1.82, 2.24) is 4.98 Å². The first-order valence-corrected chi connectivity index (χ1v) is 5.84. The second-order valence-corrected chi connectivity index (χ2v) is 4.16. The molecule has 1 rings (SSSR count). The fourth-order valence-electron chi connectivity index (χ4n) is 1.45. The summed E-state index contributed by atoms with van der Waals surface area (Å²) in [6.07, 6.45) is -2.85. The van der Waals surface area contributed by atoms with E-state index in [1.807, 2.05) is 0 Å². The Labute approximate surface area is 106 Å². The van der Waals surface area contributed by atoms with Gasteiger partial charge in [0.25, 0.3) is 6.43 Å². The number of pyridine rings is 1. The zero-order valence-electron chi connectivity index (χ0n) is 9.47. The van der Waals surface area contributed by atoms with Crippen molar-refractivity contribution >= 4 is 21.9 Å². The van der Waals surface area contributed by atoms with Gasteiger partial charge < -0.3 is 4.74 Å². The Hall–Kier alpha value is -1.04. The summed E-state index contributed by atoms with van der Waals surface area (Å²) in [5.74, 6) is -0.521. The Bertz CT molecular complexity index is 424. The van der Waals surface area contributed by atoms with Crippen LogP contribution < -0.4 is 0 Å². The third-order valence-corrected chi connectivity index (χ3v) is 2.69. The van der Waals surface area contributed by atoms with Crippen LogP contribution in [0.25, 0.3) is 0 Å². The summed E-state index contributed by atoms with van der Waals surface area (Å²) in [6, 6.07) is 1.48. The monoisotopic (exact) mass is 307 g/mol. The summed E-state index contributed by atoms with van der Waals surface area (Å²) in [4.78, 5) is 15.2. The number of carbonyl (C=O) groups excluding carboxylic acids is 1. The molecule has 0 aromatic carbocycles. The van der Waals surface area contributed by atoms with Gasteiger partial charge in [-0.15, -0.1) is 0 Å². The molecule has 0 unspecified atom stereocenters. The molecule has 0 aliphatic rings. The molecule has 3 nitrogen and oxygen atoms in total. The molecule has 94 valence electrons. The second-order valence-electron chi connectivity index (χ2n) is 3.41. The Morgan fingerprint density at radius 1 is 1.59 bits per heavy atom. The standard InChI is InChI=1S/C11H12BrF2NO2/c1-3-17-8(16)5-7-4-6(2)15-10(12)9(7)11(13)14/h4,11H,3,5H2,1-2H3. The van der Waals surface area contributed by atoms with Crippen LogP contribution in [0.4, 0.5) is 8.78 Å². The SMILES string of the molecule is CCOC(=O)Cc1cc(C)nc(Br)c1C(F)F. The summed E-state index contributed by atoms with van der Waals surface area (Å²) < 4.78 is 30.5. The van der Waals surface area contributed by atoms with E-state index in [1.165, 1.54) is 6.07 Å². The van der Waals surface area contributed by atoms with Gasteiger partial charge in [-0.2, -0.15) is 0 Å². The summed E-state index contributed by atoms with van der Waals surface area (Å²) in [6.45, 7) is 3.57. The zero-order chi connectivity index (χ0) is 13.0. The lowest BCUT2D eigenvalue weighted by atomic mass is 10.1. The molecule has 0 aliphatic carbocycles. The van der Waals surface area contributed by atoms with E-state index in [1.54, 1.807) is 13.8 Å². The van der Waals surface area contributed by atoms with Crippen molar-refractivity contribution in [2.75, 3.05) is 6.61 Å². The number of halogens is 3. The largest absolute Gasteiger partial charge is 0.466 e. The van der Waals surface area contributed by atoms with Crippen molar-refractivity contribution in [2.45, 2.75) is 26.7 Å². The van der Waals surface area contributed by atoms with Crippen molar-refractivity contribution in [3.8, 4) is 0 Å². The van der Waals surface area contributed by atoms with Crippen molar-refractivity contribution in [2.24, 2.45) is 0 Å². The van der Waals surface area contributed by atoms with Gasteiger partial charge in [-0.1, -0.05) is 0 Å². The Morgan fingerprint density at radius 3 is 2.76 bits per heavy atom. The van der Waals surface area contributed by atoms with Crippen LogP contribution in [-0.2, 0) is 16.0 Å². The number of esters is 1. The van der Waals surface area contributed by atoms with E-state index in [4.69, 9.17) is 4.74 Å². The van der Waals surface area contributed by atoms with Crippen molar-refractivity contribution in [3.63, 3.8) is 0 Å². The van der Waals surface area contributed by atoms with Crippen molar-refractivity contribution in [3.05, 3.63) is 27.5 Å². The van der Waals surface area contributed by atoms with Crippen LogP contribution in [0.2, 0.25) is 0 Å². The first kappa shape index (κ1) is 14.0. The van der Waals surface area contributed by atoms with Crippen molar-refractivity contribution in [1.29, 1.82) is 0 Å². The highest BCUT2D eigenvalue weighted by Crippen LogP contribution is 2.30. The van der Waals surface area contributed by atoms with Gasteiger partial charge in [0, 0.05) is 5.69 Å². The lowest BCUT2D eigenvalue weighted by Crippen LogP contribution is -2.11. The maximum atomic E-state index is 12.8. The number of aryl methyl sites for hydroxylation is 1. The molecule has 6 heteroatoms. The van der Waals surface area contributed by atoms with Gasteiger partial charge in [0.15, 0.2) is 0 Å². The highest BCUT2D eigenvalue weighted by Gasteiger charge is 2.20. The van der Waals surface area contributed by atoms with Crippen LogP contribution >= 0.6 is 15.9 Å². The third-order valence-electron chi connectivity index (χ3n) is 2.08. The molecule has 0 aliphatic heterocycles. The molecule has 0 fully saturated rings. The predicted molar refractivity (Wildman–Crippen MR) is 62.0 cm³/mol. The molecular formula is C11H12BrF2NO2. The minimum atomic E-state index is -2.68. The fourth-order valence-corrected chi connectivity index (χ4v) is 2.16. The van der Waals surface area contributed by atoms with Gasteiger partial charge in [0.1, 0.15) is 4.60 Å². The molecule has 0 saturated heterocycles. The topological polar surface area (TPSA) is 39.2 Å². The highest BCUT2D eigenvalue weighted by molar-refractivity contribution is 9.10. The van der Waals surface area contributed by atoms with E-state index in [0.717, 1.165) is 0 Å². The highest BCUT2D eigenvalue weighted by atomic mass is 79.9. The van der Waals surface area contributed by atoms with Crippen LogP contribution in [0.15, 0.2) is 10.7 Å². The number of hydrogen-bond donors (Lipinski definition) is 0. The summed E-state index contributed by atoms with van der Waals surface area (Å²) >= 11 is 2.98. The summed E-state index contributed by atoms with van der Waals surface area (Å²) in [7, 11) is 0. The molecule has 0 N–H and O–H groups in total. The number of carbonyl (C=O) groups is 1. The Balaban J connectivity index is 3.08. The molecule has 0 amide bonds. The maximum absolute atomic E-state index is 12.8. The van der Waals surface area contributed by atoms with E-state index in [0.29, 0.717) is 5.69 Å². The average molecular weight is 308 g/mol. The molecule has 0 bridgehead atoms. The molecule has 0 saturated carbocycles. The second kappa shape index (κ2) is 6.05. The fraction of sp³-hybridized carbons (Fsp3) is 0.455. The number of rotatable bonds is 4. The minimum absolute atomic E-state index is 0.0757. The van der Waals surface area contributed by atoms with Gasteiger partial charge >= 0.3 is 5.97 Å². The number of nitrogens with zero attached hydrogens (tertiary/aromatic N) is 1. The average Bonchev–Trinajstić information content (AvgIpc) is 2.15. The van der Waals surface area contributed by atoms with Gasteiger partial charge in [0.2, 0.25) is 0 Å². The van der Waals surface area contributed by atoms with E-state index in [2.05, 4.69) is 20.9 Å². The number of aromatic nitrogens is 1. The zero-order valence-corrected chi connectivity index (χ0v) is 11.1. The molecule has 1 heterocycles. The maximum Gasteiger partial charge on any atom is 0.310 e. The van der Waals surface area contributed by atoms with Crippen molar-refractivity contribution < 1.29 is 18.3 Å². The Morgan fingerprint density at radius 2 is 2.24 bits per heavy atom. The van der Waals surface area contributed by atoms with Crippen LogP contribution in [0.3, 0.4) is 0 Å². The smallest absolute Gasteiger partial charge is 0.310 e. The molecule has 1 aromatic rings. The van der Waals surface area contributed by atoms with Crippen LogP contribution in [0, 0.1) is 6.92 Å². The third kappa shape index (κ3) is 3.73.